The van der Waals surface area contributed by atoms with E-state index in [1.807, 2.05) is 49.4 Å². The fourth-order valence-corrected chi connectivity index (χ4v) is 6.05. The fourth-order valence-electron chi connectivity index (χ4n) is 6.05. The van der Waals surface area contributed by atoms with Gasteiger partial charge in [-0.05, 0) is 55.1 Å². The summed E-state index contributed by atoms with van der Waals surface area (Å²) in [6, 6.07) is 9.62. The number of benzene rings is 1. The van der Waals surface area contributed by atoms with Gasteiger partial charge in [-0.15, -0.1) is 0 Å². The quantitative estimate of drug-likeness (QED) is 0.446. The molecule has 3 N–H and O–H groups in total. The highest BCUT2D eigenvalue weighted by Gasteiger charge is 2.67. The first kappa shape index (κ1) is 25.4. The van der Waals surface area contributed by atoms with E-state index in [0.717, 1.165) is 18.4 Å². The van der Waals surface area contributed by atoms with Gasteiger partial charge in [0.1, 0.15) is 0 Å². The summed E-state index contributed by atoms with van der Waals surface area (Å²) in [6.45, 7) is 8.25. The summed E-state index contributed by atoms with van der Waals surface area (Å²) >= 11 is 0. The predicted octanol–water partition coefficient (Wildman–Crippen LogP) is 3.49. The third kappa shape index (κ3) is 5.00. The van der Waals surface area contributed by atoms with Crippen LogP contribution >= 0.6 is 0 Å². The summed E-state index contributed by atoms with van der Waals surface area (Å²) in [7, 11) is 0. The first-order chi connectivity index (χ1) is 16.7. The van der Waals surface area contributed by atoms with E-state index in [1.165, 1.54) is 6.08 Å². The van der Waals surface area contributed by atoms with Crippen molar-refractivity contribution in [3.8, 4) is 0 Å². The fraction of sp³-hybridized carbons (Fsp3) is 0.517. The second kappa shape index (κ2) is 10.5. The van der Waals surface area contributed by atoms with Crippen LogP contribution in [0.4, 0.5) is 0 Å². The summed E-state index contributed by atoms with van der Waals surface area (Å²) in [4.78, 5) is 26.7. The average molecular weight is 480 g/mol. The van der Waals surface area contributed by atoms with Crippen LogP contribution in [0.3, 0.4) is 0 Å². The topological polar surface area (TPSA) is 95.9 Å². The number of nitrogens with one attached hydrogen (secondary N) is 1. The zero-order chi connectivity index (χ0) is 25.2. The molecule has 1 amide bonds. The summed E-state index contributed by atoms with van der Waals surface area (Å²) in [6.07, 6.45) is 8.32. The van der Waals surface area contributed by atoms with E-state index in [1.54, 1.807) is 6.08 Å². The number of allylic oxidation sites excluding steroid dienone is 1. The maximum absolute atomic E-state index is 13.7. The lowest BCUT2D eigenvalue weighted by Gasteiger charge is -2.49. The van der Waals surface area contributed by atoms with Crippen molar-refractivity contribution in [3.63, 3.8) is 0 Å². The molecule has 6 nitrogen and oxygen atoms in total. The Labute approximate surface area is 207 Å². The zero-order valence-corrected chi connectivity index (χ0v) is 20.6. The summed E-state index contributed by atoms with van der Waals surface area (Å²) in [5.74, 6) is -2.08. The Kier molecular flexibility index (Phi) is 7.62. The molecule has 0 bridgehead atoms. The van der Waals surface area contributed by atoms with Crippen molar-refractivity contribution in [1.82, 2.24) is 5.32 Å². The smallest absolute Gasteiger partial charge is 0.331 e. The minimum atomic E-state index is -1.55. The number of hydrogen-bond donors (Lipinski definition) is 3. The van der Waals surface area contributed by atoms with Crippen molar-refractivity contribution in [3.05, 3.63) is 72.4 Å². The van der Waals surface area contributed by atoms with E-state index in [2.05, 4.69) is 18.8 Å². The number of carbonyl (C=O) groups is 2. The highest BCUT2D eigenvalue weighted by molar-refractivity contribution is 5.94. The van der Waals surface area contributed by atoms with Gasteiger partial charge in [0.25, 0.3) is 5.91 Å². The Bertz CT molecular complexity index is 1000. The normalized spacial score (nSPS) is 40.0. The number of aliphatic hydroxyl groups excluding tert-OH is 2. The Morgan fingerprint density at radius 1 is 1.09 bits per heavy atom. The van der Waals surface area contributed by atoms with E-state index in [0.29, 0.717) is 30.8 Å². The van der Waals surface area contributed by atoms with Crippen molar-refractivity contribution in [1.29, 1.82) is 0 Å². The van der Waals surface area contributed by atoms with Crippen LogP contribution in [-0.2, 0) is 20.7 Å². The second-order valence-corrected chi connectivity index (χ2v) is 10.5. The molecule has 8 atom stereocenters. The first-order valence-electron chi connectivity index (χ1n) is 12.7. The van der Waals surface area contributed by atoms with Crippen LogP contribution in [0, 0.1) is 23.7 Å². The van der Waals surface area contributed by atoms with Crippen LogP contribution in [0.2, 0.25) is 0 Å². The minimum Gasteiger partial charge on any atom is -0.445 e. The van der Waals surface area contributed by atoms with Crippen LogP contribution in [0.5, 0.6) is 0 Å². The van der Waals surface area contributed by atoms with Gasteiger partial charge in [0.05, 0.1) is 18.1 Å². The molecule has 3 aliphatic rings. The van der Waals surface area contributed by atoms with Gasteiger partial charge in [-0.1, -0.05) is 69.0 Å². The molecular weight excluding hydrogens is 442 g/mol. The van der Waals surface area contributed by atoms with Gasteiger partial charge in [0.2, 0.25) is 5.60 Å². The van der Waals surface area contributed by atoms with Crippen LogP contribution in [0.25, 0.3) is 0 Å². The molecule has 1 aliphatic carbocycles. The molecule has 1 aromatic rings. The van der Waals surface area contributed by atoms with Gasteiger partial charge in [0.15, 0.2) is 0 Å². The molecule has 2 heterocycles. The van der Waals surface area contributed by atoms with Gasteiger partial charge in [0, 0.05) is 18.0 Å². The maximum atomic E-state index is 13.7. The van der Waals surface area contributed by atoms with E-state index in [4.69, 9.17) is 4.74 Å². The van der Waals surface area contributed by atoms with Crippen molar-refractivity contribution < 1.29 is 24.5 Å². The Morgan fingerprint density at radius 2 is 1.83 bits per heavy atom. The van der Waals surface area contributed by atoms with Crippen molar-refractivity contribution >= 4 is 11.9 Å². The number of amides is 1. The highest BCUT2D eigenvalue weighted by atomic mass is 16.6. The van der Waals surface area contributed by atoms with Crippen molar-refractivity contribution in [2.75, 3.05) is 0 Å². The van der Waals surface area contributed by atoms with Gasteiger partial charge in [-0.2, -0.15) is 0 Å². The third-order valence-electron chi connectivity index (χ3n) is 8.04. The van der Waals surface area contributed by atoms with Gasteiger partial charge < -0.3 is 20.3 Å². The molecule has 188 valence electrons. The zero-order valence-electron chi connectivity index (χ0n) is 20.6. The summed E-state index contributed by atoms with van der Waals surface area (Å²) in [5, 5.41) is 24.7. The summed E-state index contributed by atoms with van der Waals surface area (Å²) in [5.41, 5.74) is 0.170. The first-order valence-corrected chi connectivity index (χ1v) is 12.7. The number of carbonyl (C=O) groups excluding carboxylic acids is 2. The average Bonchev–Trinajstić information content (AvgIpc) is 3.09. The van der Waals surface area contributed by atoms with Gasteiger partial charge in [-0.25, -0.2) is 4.79 Å². The standard InChI is InChI=1S/C29H37NO5/c1-18-9-7-13-23-27(33)20(3)19(2)26-24(17-21-10-5-4-6-11-21)30-28(34)29(23,26)35-25(32)14-8-12-22(31)16-15-18/h4-8,10-11,13-14,18-19,22-24,26-27,31,33H,3,9,12,15-17H2,1-2H3,(H,30,34)/b13-7+,14-8+/t18-,19+,22?,23-,24-,26-,27+,29+/m0/s1. The Hall–Kier alpha value is -2.70. The minimum absolute atomic E-state index is 0.251. The lowest BCUT2D eigenvalue weighted by Crippen LogP contribution is -2.61. The Balaban J connectivity index is 1.77. The van der Waals surface area contributed by atoms with Gasteiger partial charge >= 0.3 is 5.97 Å². The van der Waals surface area contributed by atoms with Crippen LogP contribution in [-0.4, -0.2) is 45.9 Å². The predicted molar refractivity (Wildman–Crippen MR) is 134 cm³/mol. The largest absolute Gasteiger partial charge is 0.445 e. The second-order valence-electron chi connectivity index (χ2n) is 10.5. The number of rotatable bonds is 2. The molecule has 1 spiro atoms. The molecule has 0 aromatic heterocycles. The van der Waals surface area contributed by atoms with Gasteiger partial charge in [-0.3, -0.25) is 4.79 Å². The molecule has 6 heteroatoms. The molecule has 1 saturated carbocycles. The van der Waals surface area contributed by atoms with Crippen molar-refractivity contribution in [2.24, 2.45) is 23.7 Å². The molecular formula is C29H37NO5. The number of ether oxygens (including phenoxy) is 1. The van der Waals surface area contributed by atoms with E-state index in [-0.39, 0.29) is 17.9 Å². The molecule has 1 unspecified atom stereocenters. The molecule has 1 saturated heterocycles. The molecule has 0 radical (unpaired) electrons. The summed E-state index contributed by atoms with van der Waals surface area (Å²) < 4.78 is 6.07. The van der Waals surface area contributed by atoms with E-state index < -0.39 is 35.6 Å². The van der Waals surface area contributed by atoms with E-state index in [9.17, 15) is 19.8 Å². The monoisotopic (exact) mass is 479 g/mol. The highest BCUT2D eigenvalue weighted by Crippen LogP contribution is 2.52. The Morgan fingerprint density at radius 3 is 2.57 bits per heavy atom. The van der Waals surface area contributed by atoms with Crippen LogP contribution in [0.15, 0.2) is 66.8 Å². The maximum Gasteiger partial charge on any atom is 0.331 e. The molecule has 4 rings (SSSR count). The molecule has 2 aliphatic heterocycles. The van der Waals surface area contributed by atoms with Crippen molar-refractivity contribution in [2.45, 2.75) is 69.8 Å². The van der Waals surface area contributed by atoms with Crippen LogP contribution < -0.4 is 5.32 Å². The SMILES string of the molecule is C=C1[C@@H](C)[C@H]2[C@H](Cc3ccccc3)NC(=O)[C@]23OC(=O)/C=C/CC(O)CC[C@@H](C)C/C=C/[C@H]3[C@@H]1O. The number of esters is 1. The molecule has 1 aromatic carbocycles. The molecule has 35 heavy (non-hydrogen) atoms. The van der Waals surface area contributed by atoms with Crippen LogP contribution in [0.1, 0.15) is 45.1 Å². The third-order valence-corrected chi connectivity index (χ3v) is 8.04. The number of aliphatic hydroxyl groups is 2. The number of hydrogen-bond acceptors (Lipinski definition) is 5. The lowest BCUT2D eigenvalue weighted by atomic mass is 9.59. The van der Waals surface area contributed by atoms with E-state index >= 15 is 0 Å². The lowest BCUT2D eigenvalue weighted by molar-refractivity contribution is -0.182. The molecule has 2 fully saturated rings.